The Labute approximate surface area is 159 Å². The van der Waals surface area contributed by atoms with Crippen LogP contribution in [0, 0.1) is 40.4 Å². The summed E-state index contributed by atoms with van der Waals surface area (Å²) in [6.45, 7) is 6.57. The monoisotopic (exact) mass is 368 g/mol. The van der Waals surface area contributed by atoms with Gasteiger partial charge in [0.15, 0.2) is 5.78 Å². The number of Topliss-reactive ketones (excluding diaryl/α,β-unsaturated/α-hetero) is 1. The molecule has 4 rings (SSSR count). The number of fused-ring (bicyclic) bond motifs is 5. The van der Waals surface area contributed by atoms with Gasteiger partial charge in [0.1, 0.15) is 13.4 Å². The summed E-state index contributed by atoms with van der Waals surface area (Å²) in [7, 11) is 0. The number of rotatable bonds is 2. The number of ketones is 1. The first-order valence-corrected chi connectivity index (χ1v) is 10.5. The van der Waals surface area contributed by atoms with Crippen molar-refractivity contribution < 1.29 is 21.2 Å². The predicted octanol–water partition coefficient (Wildman–Crippen LogP) is 3.63. The molecule has 26 heavy (non-hydrogen) atoms. The average Bonchev–Trinajstić information content (AvgIpc) is 3.00. The smallest absolute Gasteiger partial charge is 0.161 e. The molecule has 0 amide bonds. The molecule has 4 heteroatoms. The lowest BCUT2D eigenvalue weighted by Crippen LogP contribution is -2.54. The van der Waals surface area contributed by atoms with E-state index in [4.69, 9.17) is 4.79 Å². The van der Waals surface area contributed by atoms with E-state index < -0.39 is 0 Å². The van der Waals surface area contributed by atoms with E-state index in [1.54, 1.807) is 0 Å². The van der Waals surface area contributed by atoms with Crippen molar-refractivity contribution in [1.82, 2.24) is 0 Å². The fraction of sp³-hybridized carbons (Fsp3) is 0.909. The molecule has 4 saturated carbocycles. The van der Waals surface area contributed by atoms with E-state index in [0.717, 1.165) is 37.5 Å². The topological polar surface area (TPSA) is 74.6 Å². The zero-order valence-electron chi connectivity index (χ0n) is 16.5. The molecule has 0 spiro atoms. The van der Waals surface area contributed by atoms with Crippen LogP contribution in [0.15, 0.2) is 0 Å². The number of aliphatic hydroxyl groups is 2. The van der Waals surface area contributed by atoms with Crippen molar-refractivity contribution in [3.8, 4) is 0 Å². The largest absolute Gasteiger partial charge is 0.393 e. The highest BCUT2D eigenvalue weighted by Crippen LogP contribution is 2.67. The Bertz CT molecular complexity index is 540. The van der Waals surface area contributed by atoms with E-state index >= 15 is 0 Å². The van der Waals surface area contributed by atoms with E-state index in [1.807, 2.05) is 6.79 Å². The average molecular weight is 369 g/mol. The normalized spacial score (nSPS) is 49.8. The third-order valence-electron chi connectivity index (χ3n) is 9.18. The molecule has 150 valence electrons. The van der Waals surface area contributed by atoms with Crippen LogP contribution in [0.1, 0.15) is 73.1 Å². The molecule has 0 heterocycles. The highest BCUT2D eigenvalue weighted by Gasteiger charge is 2.60. The zero-order chi connectivity index (χ0) is 19.1. The first kappa shape index (κ1) is 20.0. The molecule has 0 aliphatic heterocycles. The zero-order valence-corrected chi connectivity index (χ0v) is 16.5. The minimum atomic E-state index is -0.279. The lowest BCUT2D eigenvalue weighted by molar-refractivity contribution is -0.141. The van der Waals surface area contributed by atoms with Gasteiger partial charge in [0.25, 0.3) is 0 Å². The van der Waals surface area contributed by atoms with Gasteiger partial charge < -0.3 is 15.0 Å². The quantitative estimate of drug-likeness (QED) is 0.780. The van der Waals surface area contributed by atoms with Crippen LogP contribution >= 0.6 is 0 Å². The summed E-state index contributed by atoms with van der Waals surface area (Å²) in [4.78, 5) is 20.3. The predicted molar refractivity (Wildman–Crippen MR) is 103 cm³/mol. The van der Waals surface area contributed by atoms with Crippen molar-refractivity contribution in [2.24, 2.45) is 40.4 Å². The lowest BCUT2D eigenvalue weighted by atomic mass is 9.44. The number of carbonyl (C=O) groups is 2. The molecule has 2 N–H and O–H groups in total. The minimum absolute atomic E-state index is 0. The fourth-order valence-corrected chi connectivity index (χ4v) is 7.87. The standard InChI is InChI=1S/C21H34O3.CH2O.H2/c1-20-9-7-14(23)11-13(20)3-4-15-16-5-6-18(19(24)12-22)21(16,2)10-8-17(15)20;1-2;/h13-18,22-23H,3-12H2,1-2H3;1H2;1H/t13-,14+,15-,16-,17-,18+,20-,21-;;/m0../s1/i;;1+2. The van der Waals surface area contributed by atoms with Crippen LogP contribution in [0.3, 0.4) is 0 Å². The van der Waals surface area contributed by atoms with Crippen molar-refractivity contribution in [1.29, 1.82) is 0 Å². The van der Waals surface area contributed by atoms with E-state index in [1.165, 1.54) is 32.1 Å². The van der Waals surface area contributed by atoms with Gasteiger partial charge in [0.2, 0.25) is 0 Å². The molecule has 4 aliphatic carbocycles. The Morgan fingerprint density at radius 2 is 1.65 bits per heavy atom. The van der Waals surface area contributed by atoms with Crippen molar-refractivity contribution in [2.45, 2.75) is 77.7 Å². The first-order chi connectivity index (χ1) is 12.4. The summed E-state index contributed by atoms with van der Waals surface area (Å²) in [5, 5.41) is 19.5. The van der Waals surface area contributed by atoms with Crippen LogP contribution in [0.4, 0.5) is 0 Å². The Balaban J connectivity index is 0.000000844. The Hall–Kier alpha value is -0.740. The van der Waals surface area contributed by atoms with Gasteiger partial charge in [0, 0.05) is 7.34 Å². The number of hydrogen-bond donors (Lipinski definition) is 2. The maximum atomic E-state index is 12.3. The van der Waals surface area contributed by atoms with Crippen LogP contribution < -0.4 is 0 Å². The fourth-order valence-electron chi connectivity index (χ4n) is 7.87. The summed E-state index contributed by atoms with van der Waals surface area (Å²) < 4.78 is 0. The first-order valence-electron chi connectivity index (χ1n) is 10.5. The summed E-state index contributed by atoms with van der Waals surface area (Å²) in [6, 6.07) is 0. The van der Waals surface area contributed by atoms with Gasteiger partial charge in [-0.25, -0.2) is 0 Å². The molecule has 8 atom stereocenters. The Morgan fingerprint density at radius 3 is 2.35 bits per heavy atom. The lowest BCUT2D eigenvalue weighted by Gasteiger charge is -2.60. The molecular formula is C22H38O4. The van der Waals surface area contributed by atoms with Crippen LogP contribution in [-0.4, -0.2) is 35.5 Å². The second-order valence-electron chi connectivity index (χ2n) is 9.88. The molecule has 0 aromatic heterocycles. The van der Waals surface area contributed by atoms with E-state index in [2.05, 4.69) is 13.8 Å². The minimum Gasteiger partial charge on any atom is -0.393 e. The van der Waals surface area contributed by atoms with Gasteiger partial charge in [-0.15, -0.1) is 0 Å². The summed E-state index contributed by atoms with van der Waals surface area (Å²) in [5.74, 6) is 3.08. The SMILES string of the molecule is C=O.C[C@]12CC[C@@H](O)C[C@@H]1CC[C@@H]1[C@@H]2CC[C@]2(C)[C@@H](C(=O)CO)CC[C@@H]12.[3HH]. The molecule has 0 unspecified atom stereocenters. The van der Waals surface area contributed by atoms with Gasteiger partial charge >= 0.3 is 0 Å². The molecular weight excluding hydrogens is 328 g/mol. The second-order valence-corrected chi connectivity index (χ2v) is 9.88. The van der Waals surface area contributed by atoms with Gasteiger partial charge in [-0.2, -0.15) is 0 Å². The van der Waals surface area contributed by atoms with Gasteiger partial charge in [-0.3, -0.25) is 4.79 Å². The Morgan fingerprint density at radius 1 is 1.00 bits per heavy atom. The van der Waals surface area contributed by atoms with Crippen LogP contribution in [-0.2, 0) is 9.59 Å². The van der Waals surface area contributed by atoms with Crippen LogP contribution in [0.2, 0.25) is 0 Å². The number of hydrogen-bond acceptors (Lipinski definition) is 4. The van der Waals surface area contributed by atoms with Crippen molar-refractivity contribution >= 4 is 12.6 Å². The van der Waals surface area contributed by atoms with Gasteiger partial charge in [0.05, 0.1) is 6.10 Å². The molecule has 0 radical (unpaired) electrons. The van der Waals surface area contributed by atoms with Crippen LogP contribution in [0.5, 0.6) is 0 Å². The van der Waals surface area contributed by atoms with Gasteiger partial charge in [-0.1, -0.05) is 13.8 Å². The summed E-state index contributed by atoms with van der Waals surface area (Å²) in [5.41, 5.74) is 0.529. The van der Waals surface area contributed by atoms with Crippen molar-refractivity contribution in [3.63, 3.8) is 0 Å². The van der Waals surface area contributed by atoms with Crippen LogP contribution in [0.25, 0.3) is 0 Å². The highest BCUT2D eigenvalue weighted by atomic mass is 16.3. The van der Waals surface area contributed by atoms with Gasteiger partial charge in [-0.05, 0) is 92.3 Å². The molecule has 0 saturated heterocycles. The third-order valence-corrected chi connectivity index (χ3v) is 9.18. The molecule has 0 bridgehead atoms. The maximum absolute atomic E-state index is 12.3. The highest BCUT2D eigenvalue weighted by molar-refractivity contribution is 5.83. The van der Waals surface area contributed by atoms with E-state index in [0.29, 0.717) is 17.3 Å². The summed E-state index contributed by atoms with van der Waals surface area (Å²) >= 11 is 0. The Kier molecular flexibility index (Phi) is 5.66. The maximum Gasteiger partial charge on any atom is 0.161 e. The van der Waals surface area contributed by atoms with Crippen molar-refractivity contribution in [2.75, 3.05) is 6.61 Å². The van der Waals surface area contributed by atoms with Crippen molar-refractivity contribution in [3.05, 3.63) is 0 Å². The number of carbonyl (C=O) groups excluding carboxylic acids is 2. The molecule has 4 nitrogen and oxygen atoms in total. The molecule has 0 aromatic rings. The second kappa shape index (κ2) is 7.35. The molecule has 0 aromatic carbocycles. The number of aliphatic hydroxyl groups excluding tert-OH is 2. The third kappa shape index (κ3) is 2.88. The van der Waals surface area contributed by atoms with E-state index in [9.17, 15) is 15.0 Å². The van der Waals surface area contributed by atoms with E-state index in [-0.39, 0.29) is 31.3 Å². The molecule has 4 fully saturated rings. The molecule has 4 aliphatic rings. The summed E-state index contributed by atoms with van der Waals surface area (Å²) in [6.07, 6.45) is 10.2.